The molecule has 2 rings (SSSR count). The van der Waals surface area contributed by atoms with Crippen LogP contribution in [0.2, 0.25) is 5.02 Å². The van der Waals surface area contributed by atoms with Gasteiger partial charge in [0.25, 0.3) is 0 Å². The largest absolute Gasteiger partial charge is 0.392 e. The van der Waals surface area contributed by atoms with Crippen LogP contribution < -0.4 is 0 Å². The first-order valence-corrected chi connectivity index (χ1v) is 5.42. The van der Waals surface area contributed by atoms with Crippen LogP contribution in [0, 0.1) is 13.8 Å². The van der Waals surface area contributed by atoms with E-state index in [-0.39, 0.29) is 6.61 Å². The Morgan fingerprint density at radius 3 is 2.69 bits per heavy atom. The van der Waals surface area contributed by atoms with Crippen LogP contribution in [0.15, 0.2) is 24.4 Å². The second-order valence-electron chi connectivity index (χ2n) is 3.80. The van der Waals surface area contributed by atoms with Gasteiger partial charge in [-0.3, -0.25) is 0 Å². The fourth-order valence-electron chi connectivity index (χ4n) is 1.63. The number of aromatic nitrogens is 2. The number of benzene rings is 1. The van der Waals surface area contributed by atoms with Crippen LogP contribution in [0.4, 0.5) is 0 Å². The first-order chi connectivity index (χ1) is 7.61. The van der Waals surface area contributed by atoms with Gasteiger partial charge in [0.15, 0.2) is 0 Å². The molecule has 0 saturated heterocycles. The summed E-state index contributed by atoms with van der Waals surface area (Å²) in [6, 6.07) is 5.86. The zero-order chi connectivity index (χ0) is 11.7. The van der Waals surface area contributed by atoms with Crippen molar-refractivity contribution in [3.63, 3.8) is 0 Å². The monoisotopic (exact) mass is 236 g/mol. The van der Waals surface area contributed by atoms with Crippen LogP contribution in [-0.2, 0) is 6.61 Å². The van der Waals surface area contributed by atoms with Crippen LogP contribution in [0.1, 0.15) is 16.8 Å². The number of aliphatic hydroxyl groups excluding tert-OH is 1. The molecule has 0 spiro atoms. The summed E-state index contributed by atoms with van der Waals surface area (Å²) in [7, 11) is 0. The SMILES string of the molecule is Cc1ccc(-n2cc(Cl)c(C)n2)c(CO)c1. The fourth-order valence-corrected chi connectivity index (χ4v) is 1.76. The third-order valence-corrected chi connectivity index (χ3v) is 2.86. The number of nitrogens with zero attached hydrogens (tertiary/aromatic N) is 2. The van der Waals surface area contributed by atoms with Gasteiger partial charge in [-0.25, -0.2) is 4.68 Å². The summed E-state index contributed by atoms with van der Waals surface area (Å²) in [5, 5.41) is 14.2. The van der Waals surface area contributed by atoms with E-state index in [1.165, 1.54) is 0 Å². The molecule has 0 aliphatic carbocycles. The van der Waals surface area contributed by atoms with Gasteiger partial charge in [-0.05, 0) is 19.9 Å². The number of aliphatic hydroxyl groups is 1. The normalized spacial score (nSPS) is 10.8. The van der Waals surface area contributed by atoms with Gasteiger partial charge >= 0.3 is 0 Å². The first-order valence-electron chi connectivity index (χ1n) is 5.04. The summed E-state index contributed by atoms with van der Waals surface area (Å²) < 4.78 is 1.70. The van der Waals surface area contributed by atoms with Crippen LogP contribution in [0.25, 0.3) is 5.69 Å². The summed E-state index contributed by atoms with van der Waals surface area (Å²) in [5.41, 5.74) is 3.61. The highest BCUT2D eigenvalue weighted by molar-refractivity contribution is 6.31. The van der Waals surface area contributed by atoms with Crippen LogP contribution in [-0.4, -0.2) is 14.9 Å². The van der Waals surface area contributed by atoms with Crippen LogP contribution in [0.5, 0.6) is 0 Å². The molecule has 0 bridgehead atoms. The lowest BCUT2D eigenvalue weighted by atomic mass is 10.1. The highest BCUT2D eigenvalue weighted by atomic mass is 35.5. The van der Waals surface area contributed by atoms with Crippen LogP contribution >= 0.6 is 11.6 Å². The molecule has 1 N–H and O–H groups in total. The van der Waals surface area contributed by atoms with Crippen molar-refractivity contribution in [1.29, 1.82) is 0 Å². The average molecular weight is 237 g/mol. The van der Waals surface area contributed by atoms with Crippen molar-refractivity contribution in [3.8, 4) is 5.69 Å². The van der Waals surface area contributed by atoms with E-state index in [0.717, 1.165) is 22.5 Å². The number of rotatable bonds is 2. The summed E-state index contributed by atoms with van der Waals surface area (Å²) in [5.74, 6) is 0. The molecule has 1 aromatic carbocycles. The zero-order valence-corrected chi connectivity index (χ0v) is 9.99. The molecule has 1 aromatic heterocycles. The Kier molecular flexibility index (Phi) is 2.99. The van der Waals surface area contributed by atoms with Gasteiger partial charge in [-0.2, -0.15) is 5.10 Å². The van der Waals surface area contributed by atoms with Gasteiger partial charge in [0.05, 0.1) is 23.0 Å². The van der Waals surface area contributed by atoms with Crippen molar-refractivity contribution in [2.75, 3.05) is 0 Å². The van der Waals surface area contributed by atoms with Crippen molar-refractivity contribution < 1.29 is 5.11 Å². The molecular formula is C12H13ClN2O. The molecule has 84 valence electrons. The maximum Gasteiger partial charge on any atom is 0.0819 e. The van der Waals surface area contributed by atoms with Gasteiger partial charge in [0, 0.05) is 11.8 Å². The molecule has 16 heavy (non-hydrogen) atoms. The fraction of sp³-hybridized carbons (Fsp3) is 0.250. The van der Waals surface area contributed by atoms with Crippen molar-refractivity contribution in [3.05, 3.63) is 46.2 Å². The number of hydrogen-bond acceptors (Lipinski definition) is 2. The quantitative estimate of drug-likeness (QED) is 0.871. The van der Waals surface area contributed by atoms with E-state index in [9.17, 15) is 5.11 Å². The van der Waals surface area contributed by atoms with Crippen LogP contribution in [0.3, 0.4) is 0 Å². The highest BCUT2D eigenvalue weighted by Crippen LogP contribution is 2.20. The smallest absolute Gasteiger partial charge is 0.0819 e. The van der Waals surface area contributed by atoms with Gasteiger partial charge in [0.1, 0.15) is 0 Å². The Labute approximate surface area is 99.3 Å². The lowest BCUT2D eigenvalue weighted by Gasteiger charge is -2.08. The molecule has 0 atom stereocenters. The molecular weight excluding hydrogens is 224 g/mol. The van der Waals surface area contributed by atoms with Crippen molar-refractivity contribution >= 4 is 11.6 Å². The lowest BCUT2D eigenvalue weighted by molar-refractivity contribution is 0.281. The van der Waals surface area contributed by atoms with E-state index in [2.05, 4.69) is 5.10 Å². The topological polar surface area (TPSA) is 38.0 Å². The molecule has 0 amide bonds. The Morgan fingerprint density at radius 1 is 1.38 bits per heavy atom. The third-order valence-electron chi connectivity index (χ3n) is 2.49. The predicted octanol–water partition coefficient (Wildman–Crippen LogP) is 2.63. The van der Waals surface area contributed by atoms with Gasteiger partial charge < -0.3 is 5.11 Å². The molecule has 0 radical (unpaired) electrons. The first kappa shape index (κ1) is 11.2. The highest BCUT2D eigenvalue weighted by Gasteiger charge is 2.08. The summed E-state index contributed by atoms with van der Waals surface area (Å²) in [6.07, 6.45) is 1.75. The standard InChI is InChI=1S/C12H13ClN2O/c1-8-3-4-12(10(5-8)7-16)15-6-11(13)9(2)14-15/h3-6,16H,7H2,1-2H3. The summed E-state index contributed by atoms with van der Waals surface area (Å²) in [6.45, 7) is 3.84. The van der Waals surface area contributed by atoms with E-state index >= 15 is 0 Å². The van der Waals surface area contributed by atoms with Gasteiger partial charge in [-0.15, -0.1) is 0 Å². The van der Waals surface area contributed by atoms with E-state index in [4.69, 9.17) is 11.6 Å². The predicted molar refractivity (Wildman–Crippen MR) is 64.0 cm³/mol. The van der Waals surface area contributed by atoms with E-state index < -0.39 is 0 Å². The second-order valence-corrected chi connectivity index (χ2v) is 4.20. The van der Waals surface area contributed by atoms with Gasteiger partial charge in [-0.1, -0.05) is 29.3 Å². The number of aryl methyl sites for hydroxylation is 2. The molecule has 2 aromatic rings. The maximum absolute atomic E-state index is 9.31. The Hall–Kier alpha value is -1.32. The number of halogens is 1. The zero-order valence-electron chi connectivity index (χ0n) is 9.24. The summed E-state index contributed by atoms with van der Waals surface area (Å²) in [4.78, 5) is 0. The van der Waals surface area contributed by atoms with Crippen molar-refractivity contribution in [1.82, 2.24) is 9.78 Å². The molecule has 0 saturated carbocycles. The Morgan fingerprint density at radius 2 is 2.12 bits per heavy atom. The number of hydrogen-bond donors (Lipinski definition) is 1. The minimum atomic E-state index is -0.00641. The molecule has 4 heteroatoms. The minimum absolute atomic E-state index is 0.00641. The molecule has 0 unspecified atom stereocenters. The van der Waals surface area contributed by atoms with E-state index in [1.54, 1.807) is 10.9 Å². The minimum Gasteiger partial charge on any atom is -0.392 e. The van der Waals surface area contributed by atoms with Crippen molar-refractivity contribution in [2.45, 2.75) is 20.5 Å². The van der Waals surface area contributed by atoms with E-state index in [0.29, 0.717) is 5.02 Å². The Balaban J connectivity index is 2.55. The Bertz CT molecular complexity index is 500. The molecule has 0 fully saturated rings. The molecule has 3 nitrogen and oxygen atoms in total. The average Bonchev–Trinajstić information content (AvgIpc) is 2.59. The lowest BCUT2D eigenvalue weighted by Crippen LogP contribution is -2.01. The molecule has 0 aliphatic heterocycles. The summed E-state index contributed by atoms with van der Waals surface area (Å²) >= 11 is 5.96. The second kappa shape index (κ2) is 4.28. The van der Waals surface area contributed by atoms with E-state index in [1.807, 2.05) is 32.0 Å². The van der Waals surface area contributed by atoms with Crippen molar-refractivity contribution in [2.24, 2.45) is 0 Å². The maximum atomic E-state index is 9.31. The molecule has 0 aliphatic rings. The third kappa shape index (κ3) is 1.96. The van der Waals surface area contributed by atoms with Gasteiger partial charge in [0.2, 0.25) is 0 Å². The molecule has 1 heterocycles.